The second kappa shape index (κ2) is 14.6. The molecule has 9 heteroatoms. The molecule has 1 aromatic carbocycles. The van der Waals surface area contributed by atoms with Gasteiger partial charge in [-0.25, -0.2) is 0 Å². The predicted molar refractivity (Wildman–Crippen MR) is 173 cm³/mol. The Kier molecular flexibility index (Phi) is 11.4. The largest absolute Gasteiger partial charge is 0.396 e. The van der Waals surface area contributed by atoms with Gasteiger partial charge in [-0.3, -0.25) is 14.4 Å². The molecule has 3 fully saturated rings. The summed E-state index contributed by atoms with van der Waals surface area (Å²) in [4.78, 5) is 49.0. The van der Waals surface area contributed by atoms with E-state index in [1.165, 1.54) is 0 Å². The summed E-state index contributed by atoms with van der Waals surface area (Å²) in [5, 5.41) is 9.23. The van der Waals surface area contributed by atoms with Crippen LogP contribution in [0.2, 0.25) is 0 Å². The van der Waals surface area contributed by atoms with Gasteiger partial charge in [-0.2, -0.15) is 0 Å². The van der Waals surface area contributed by atoms with Crippen molar-refractivity contribution < 1.29 is 19.5 Å². The molecule has 4 unspecified atom stereocenters. The molecular formula is C33H46BrN3O4S. The lowest BCUT2D eigenvalue weighted by atomic mass is 9.70. The van der Waals surface area contributed by atoms with Gasteiger partial charge in [0.05, 0.1) is 16.6 Å². The van der Waals surface area contributed by atoms with Crippen molar-refractivity contribution >= 4 is 45.4 Å². The molecule has 1 spiro atoms. The molecule has 1 aromatic rings. The van der Waals surface area contributed by atoms with Crippen molar-refractivity contribution in [1.82, 2.24) is 14.7 Å². The van der Waals surface area contributed by atoms with E-state index in [1.54, 1.807) is 28.8 Å². The third kappa shape index (κ3) is 6.25. The predicted octanol–water partition coefficient (Wildman–Crippen LogP) is 5.03. The molecule has 0 aliphatic carbocycles. The molecule has 0 radical (unpaired) electrons. The van der Waals surface area contributed by atoms with Crippen LogP contribution in [0.25, 0.3) is 0 Å². The SMILES string of the molecule is C=CCN(Cc1ccccc1)C(=O)[C@H]1[C@H]2C(=O)N(CCCCCO)C(C(=O)N(CC=C)C(C)CCC)C23CC(Br)[C@@H]1S3. The number of hydrogen-bond donors (Lipinski definition) is 1. The van der Waals surface area contributed by atoms with E-state index < -0.39 is 22.6 Å². The van der Waals surface area contributed by atoms with Gasteiger partial charge < -0.3 is 19.8 Å². The number of alkyl halides is 1. The monoisotopic (exact) mass is 659 g/mol. The Morgan fingerprint density at radius 1 is 1.17 bits per heavy atom. The highest BCUT2D eigenvalue weighted by molar-refractivity contribution is 9.09. The van der Waals surface area contributed by atoms with E-state index in [4.69, 9.17) is 0 Å². The zero-order valence-corrected chi connectivity index (χ0v) is 27.4. The number of aliphatic hydroxyl groups excluding tert-OH is 1. The number of likely N-dealkylation sites (tertiary alicyclic amines) is 1. The Bertz CT molecular complexity index is 1140. The molecule has 3 saturated heterocycles. The lowest BCUT2D eigenvalue weighted by Gasteiger charge is -2.40. The first kappa shape index (κ1) is 32.8. The van der Waals surface area contributed by atoms with Crippen molar-refractivity contribution in [3.05, 3.63) is 61.2 Å². The van der Waals surface area contributed by atoms with E-state index in [9.17, 15) is 19.5 Å². The first-order valence-electron chi connectivity index (χ1n) is 15.3. The summed E-state index contributed by atoms with van der Waals surface area (Å²) < 4.78 is -0.678. The number of fused-ring (bicyclic) bond motifs is 1. The van der Waals surface area contributed by atoms with Crippen LogP contribution in [0.5, 0.6) is 0 Å². The van der Waals surface area contributed by atoms with Crippen molar-refractivity contribution in [2.75, 3.05) is 26.2 Å². The van der Waals surface area contributed by atoms with Crippen molar-refractivity contribution in [3.8, 4) is 0 Å². The van der Waals surface area contributed by atoms with Gasteiger partial charge in [-0.15, -0.1) is 24.9 Å². The van der Waals surface area contributed by atoms with Crippen LogP contribution in [0.1, 0.15) is 57.9 Å². The quantitative estimate of drug-likeness (QED) is 0.153. The summed E-state index contributed by atoms with van der Waals surface area (Å²) in [5.74, 6) is -1.25. The van der Waals surface area contributed by atoms with Crippen LogP contribution in [-0.2, 0) is 20.9 Å². The van der Waals surface area contributed by atoms with Gasteiger partial charge in [-0.1, -0.05) is 71.8 Å². The Morgan fingerprint density at radius 3 is 2.52 bits per heavy atom. The maximum Gasteiger partial charge on any atom is 0.247 e. The van der Waals surface area contributed by atoms with Crippen LogP contribution in [0, 0.1) is 11.8 Å². The molecular weight excluding hydrogens is 614 g/mol. The maximum absolute atomic E-state index is 14.6. The van der Waals surface area contributed by atoms with Crippen LogP contribution in [0.4, 0.5) is 0 Å². The lowest BCUT2D eigenvalue weighted by molar-refractivity contribution is -0.145. The Morgan fingerprint density at radius 2 is 1.88 bits per heavy atom. The summed E-state index contributed by atoms with van der Waals surface area (Å²) in [6, 6.07) is 9.25. The highest BCUT2D eigenvalue weighted by Gasteiger charge is 2.76. The third-order valence-corrected chi connectivity index (χ3v) is 12.3. The fraction of sp³-hybridized carbons (Fsp3) is 0.606. The lowest BCUT2D eigenvalue weighted by Crippen LogP contribution is -2.57. The number of benzene rings is 1. The van der Waals surface area contributed by atoms with Gasteiger partial charge in [-0.05, 0) is 44.6 Å². The molecule has 0 saturated carbocycles. The number of carbonyl (C=O) groups excluding carboxylic acids is 3. The minimum atomic E-state index is -0.678. The molecule has 3 aliphatic heterocycles. The molecule has 230 valence electrons. The number of hydrogen-bond acceptors (Lipinski definition) is 5. The van der Waals surface area contributed by atoms with E-state index >= 15 is 0 Å². The number of unbranched alkanes of at least 4 members (excludes halogenated alkanes) is 2. The summed E-state index contributed by atoms with van der Waals surface area (Å²) >= 11 is 5.58. The van der Waals surface area contributed by atoms with Gasteiger partial charge in [0, 0.05) is 48.9 Å². The fourth-order valence-corrected chi connectivity index (χ4v) is 10.9. The zero-order chi connectivity index (χ0) is 30.4. The van der Waals surface area contributed by atoms with Crippen molar-refractivity contribution in [1.29, 1.82) is 0 Å². The van der Waals surface area contributed by atoms with E-state index in [0.717, 1.165) is 24.8 Å². The molecule has 4 rings (SSSR count). The number of nitrogens with zero attached hydrogens (tertiary/aromatic N) is 3. The number of amides is 3. The summed E-state index contributed by atoms with van der Waals surface area (Å²) in [5.41, 5.74) is 1.02. The molecule has 2 bridgehead atoms. The van der Waals surface area contributed by atoms with Gasteiger partial charge in [0.2, 0.25) is 17.7 Å². The molecule has 1 N–H and O–H groups in total. The molecule has 42 heavy (non-hydrogen) atoms. The van der Waals surface area contributed by atoms with Crippen molar-refractivity contribution in [3.63, 3.8) is 0 Å². The Labute approximate surface area is 263 Å². The second-order valence-electron chi connectivity index (χ2n) is 11.9. The molecule has 7 atom stereocenters. The summed E-state index contributed by atoms with van der Waals surface area (Å²) in [6.07, 6.45) is 8.09. The van der Waals surface area contributed by atoms with Gasteiger partial charge in [0.1, 0.15) is 6.04 Å². The second-order valence-corrected chi connectivity index (χ2v) is 14.6. The number of aliphatic hydroxyl groups is 1. The number of rotatable bonds is 16. The molecule has 3 amide bonds. The Hall–Kier alpha value is -2.10. The van der Waals surface area contributed by atoms with Crippen molar-refractivity contribution in [2.45, 2.75) is 85.8 Å². The minimum absolute atomic E-state index is 0.0112. The Balaban J connectivity index is 1.72. The summed E-state index contributed by atoms with van der Waals surface area (Å²) in [7, 11) is 0. The number of halogens is 1. The smallest absolute Gasteiger partial charge is 0.247 e. The van der Waals surface area contributed by atoms with Gasteiger partial charge in [0.25, 0.3) is 0 Å². The highest BCUT2D eigenvalue weighted by Crippen LogP contribution is 2.68. The third-order valence-electron chi connectivity index (χ3n) is 9.09. The van der Waals surface area contributed by atoms with E-state index in [2.05, 4.69) is 42.9 Å². The van der Waals surface area contributed by atoms with Crippen molar-refractivity contribution in [2.24, 2.45) is 11.8 Å². The van der Waals surface area contributed by atoms with Gasteiger partial charge in [0.15, 0.2) is 0 Å². The molecule has 3 heterocycles. The normalized spacial score (nSPS) is 28.4. The van der Waals surface area contributed by atoms with Crippen LogP contribution >= 0.6 is 27.7 Å². The van der Waals surface area contributed by atoms with Crippen LogP contribution < -0.4 is 0 Å². The highest BCUT2D eigenvalue weighted by atomic mass is 79.9. The zero-order valence-electron chi connectivity index (χ0n) is 25.0. The van der Waals surface area contributed by atoms with Crippen LogP contribution in [0.3, 0.4) is 0 Å². The van der Waals surface area contributed by atoms with Crippen LogP contribution in [0.15, 0.2) is 55.6 Å². The minimum Gasteiger partial charge on any atom is -0.396 e. The van der Waals surface area contributed by atoms with E-state index in [1.807, 2.05) is 40.1 Å². The van der Waals surface area contributed by atoms with E-state index in [-0.39, 0.29) is 40.4 Å². The fourth-order valence-electron chi connectivity index (χ4n) is 7.26. The summed E-state index contributed by atoms with van der Waals surface area (Å²) in [6.45, 7) is 13.8. The topological polar surface area (TPSA) is 81.2 Å². The average molecular weight is 661 g/mol. The van der Waals surface area contributed by atoms with E-state index in [0.29, 0.717) is 45.4 Å². The standard InChI is InChI=1S/C33H46BrN3O4S/c1-5-14-23(4)36(18-7-3)32(41)29-33-21-25(34)28(42-33)26(27(33)31(40)37(29)19-12-9-13-20-38)30(39)35(17-6-2)22-24-15-10-8-11-16-24/h6-8,10-11,15-16,23,25-29,38H,2-3,5,9,12-14,17-22H2,1,4H3/t23?,25?,26-,27-,28-,29?,33?/m0/s1. The maximum atomic E-state index is 14.6. The first-order valence-corrected chi connectivity index (χ1v) is 17.1. The van der Waals surface area contributed by atoms with Crippen LogP contribution in [-0.4, -0.2) is 90.7 Å². The molecule has 7 nitrogen and oxygen atoms in total. The first-order chi connectivity index (χ1) is 20.2. The number of carbonyl (C=O) groups is 3. The molecule has 0 aromatic heterocycles. The van der Waals surface area contributed by atoms with Gasteiger partial charge >= 0.3 is 0 Å². The number of thioether (sulfide) groups is 1. The average Bonchev–Trinajstić information content (AvgIpc) is 3.57. The molecule has 3 aliphatic rings.